The molecule has 1 aromatic carbocycles. The summed E-state index contributed by atoms with van der Waals surface area (Å²) in [6.45, 7) is 2.42. The zero-order chi connectivity index (χ0) is 13.1. The summed E-state index contributed by atoms with van der Waals surface area (Å²) in [5.41, 5.74) is 1.31. The van der Waals surface area contributed by atoms with Crippen LogP contribution in [0.3, 0.4) is 0 Å². The van der Waals surface area contributed by atoms with Gasteiger partial charge in [-0.1, -0.05) is 12.1 Å². The lowest BCUT2D eigenvalue weighted by Gasteiger charge is -2.37. The average molecular weight is 263 g/mol. The zero-order valence-electron chi connectivity index (χ0n) is 11.4. The van der Waals surface area contributed by atoms with E-state index in [-0.39, 0.29) is 5.79 Å². The molecule has 0 bridgehead atoms. The standard InChI is InChI=1S/C15H21NO3/c1-17-14-4-2-12(3-5-14)10-13-11-15(6-7-16-13)18-8-9-19-15/h2-5,13,16H,6-11H2,1H3/t13-/m0/s1. The second kappa shape index (κ2) is 5.49. The quantitative estimate of drug-likeness (QED) is 0.901. The molecule has 0 unspecified atom stereocenters. The van der Waals surface area contributed by atoms with Gasteiger partial charge in [0.05, 0.1) is 20.3 Å². The molecule has 4 nitrogen and oxygen atoms in total. The summed E-state index contributed by atoms with van der Waals surface area (Å²) >= 11 is 0. The fourth-order valence-corrected chi connectivity index (χ4v) is 2.97. The third-order valence-corrected chi connectivity index (χ3v) is 3.95. The van der Waals surface area contributed by atoms with Gasteiger partial charge in [-0.05, 0) is 24.1 Å². The van der Waals surface area contributed by atoms with Gasteiger partial charge in [-0.3, -0.25) is 0 Å². The third-order valence-electron chi connectivity index (χ3n) is 3.95. The predicted octanol–water partition coefficient (Wildman–Crippen LogP) is 1.73. The molecule has 104 valence electrons. The number of hydrogen-bond donors (Lipinski definition) is 1. The van der Waals surface area contributed by atoms with Crippen molar-refractivity contribution in [2.75, 3.05) is 26.9 Å². The molecule has 2 heterocycles. The summed E-state index contributed by atoms with van der Waals surface area (Å²) in [7, 11) is 1.69. The summed E-state index contributed by atoms with van der Waals surface area (Å²) in [6.07, 6.45) is 2.88. The maximum Gasteiger partial charge on any atom is 0.171 e. The first-order chi connectivity index (χ1) is 9.30. The molecule has 2 aliphatic heterocycles. The van der Waals surface area contributed by atoms with Gasteiger partial charge in [0.25, 0.3) is 0 Å². The summed E-state index contributed by atoms with van der Waals surface area (Å²) in [4.78, 5) is 0. The van der Waals surface area contributed by atoms with Gasteiger partial charge in [-0.25, -0.2) is 0 Å². The van der Waals surface area contributed by atoms with Crippen molar-refractivity contribution in [1.29, 1.82) is 0 Å². The molecule has 3 rings (SSSR count). The zero-order valence-corrected chi connectivity index (χ0v) is 11.4. The number of methoxy groups -OCH3 is 1. The third kappa shape index (κ3) is 2.91. The van der Waals surface area contributed by atoms with E-state index in [0.717, 1.165) is 44.8 Å². The Bertz CT molecular complexity index is 412. The van der Waals surface area contributed by atoms with Crippen molar-refractivity contribution in [3.05, 3.63) is 29.8 Å². The number of nitrogens with one attached hydrogen (secondary N) is 1. The number of rotatable bonds is 3. The summed E-state index contributed by atoms with van der Waals surface area (Å²) in [5, 5.41) is 3.56. The minimum Gasteiger partial charge on any atom is -0.497 e. The molecule has 19 heavy (non-hydrogen) atoms. The van der Waals surface area contributed by atoms with Crippen LogP contribution in [-0.4, -0.2) is 38.7 Å². The van der Waals surface area contributed by atoms with Gasteiger partial charge in [0.15, 0.2) is 5.79 Å². The Morgan fingerprint density at radius 3 is 2.68 bits per heavy atom. The van der Waals surface area contributed by atoms with Crippen LogP contribution in [0.4, 0.5) is 0 Å². The van der Waals surface area contributed by atoms with E-state index in [2.05, 4.69) is 17.4 Å². The molecule has 2 aliphatic rings. The second-order valence-corrected chi connectivity index (χ2v) is 5.26. The highest BCUT2D eigenvalue weighted by atomic mass is 16.7. The second-order valence-electron chi connectivity index (χ2n) is 5.26. The molecule has 1 spiro atoms. The topological polar surface area (TPSA) is 39.7 Å². The molecule has 0 saturated carbocycles. The highest BCUT2D eigenvalue weighted by Gasteiger charge is 2.41. The Morgan fingerprint density at radius 2 is 2.00 bits per heavy atom. The van der Waals surface area contributed by atoms with Crippen LogP contribution < -0.4 is 10.1 Å². The van der Waals surface area contributed by atoms with Gasteiger partial charge in [0.1, 0.15) is 5.75 Å². The molecule has 1 aromatic rings. The molecule has 0 radical (unpaired) electrons. The smallest absolute Gasteiger partial charge is 0.171 e. The van der Waals surface area contributed by atoms with Crippen molar-refractivity contribution in [2.45, 2.75) is 31.1 Å². The molecule has 4 heteroatoms. The van der Waals surface area contributed by atoms with E-state index >= 15 is 0 Å². The molecule has 1 N–H and O–H groups in total. The Hall–Kier alpha value is -1.10. The van der Waals surface area contributed by atoms with Gasteiger partial charge >= 0.3 is 0 Å². The van der Waals surface area contributed by atoms with E-state index < -0.39 is 0 Å². The first-order valence-electron chi connectivity index (χ1n) is 6.94. The molecule has 1 atom stereocenters. The highest BCUT2D eigenvalue weighted by molar-refractivity contribution is 5.27. The van der Waals surface area contributed by atoms with Crippen LogP contribution in [0.15, 0.2) is 24.3 Å². The van der Waals surface area contributed by atoms with E-state index in [9.17, 15) is 0 Å². The van der Waals surface area contributed by atoms with Crippen LogP contribution in [0, 0.1) is 0 Å². The monoisotopic (exact) mass is 263 g/mol. The highest BCUT2D eigenvalue weighted by Crippen LogP contribution is 2.32. The summed E-state index contributed by atoms with van der Waals surface area (Å²) in [5.74, 6) is 0.585. The van der Waals surface area contributed by atoms with Gasteiger partial charge < -0.3 is 19.5 Å². The maximum atomic E-state index is 5.80. The first-order valence-corrected chi connectivity index (χ1v) is 6.94. The molecular formula is C15H21NO3. The number of piperidine rings is 1. The normalized spacial score (nSPS) is 25.6. The van der Waals surface area contributed by atoms with E-state index in [1.165, 1.54) is 5.56 Å². The van der Waals surface area contributed by atoms with Crippen LogP contribution in [0.2, 0.25) is 0 Å². The molecule has 0 aliphatic carbocycles. The van der Waals surface area contributed by atoms with E-state index in [0.29, 0.717) is 6.04 Å². The van der Waals surface area contributed by atoms with Crippen LogP contribution in [0.1, 0.15) is 18.4 Å². The van der Waals surface area contributed by atoms with Crippen LogP contribution in [0.25, 0.3) is 0 Å². The fourth-order valence-electron chi connectivity index (χ4n) is 2.97. The van der Waals surface area contributed by atoms with Crippen molar-refractivity contribution in [1.82, 2.24) is 5.32 Å². The van der Waals surface area contributed by atoms with E-state index in [1.54, 1.807) is 7.11 Å². The van der Waals surface area contributed by atoms with Gasteiger partial charge in [0.2, 0.25) is 0 Å². The Morgan fingerprint density at radius 1 is 1.26 bits per heavy atom. The van der Waals surface area contributed by atoms with Gasteiger partial charge in [-0.15, -0.1) is 0 Å². The number of ether oxygens (including phenoxy) is 3. The molecule has 0 amide bonds. The number of benzene rings is 1. The number of hydrogen-bond acceptors (Lipinski definition) is 4. The average Bonchev–Trinajstić information content (AvgIpc) is 2.88. The minimum absolute atomic E-state index is 0.317. The lowest BCUT2D eigenvalue weighted by molar-refractivity contribution is -0.179. The summed E-state index contributed by atoms with van der Waals surface area (Å²) < 4.78 is 16.8. The Labute approximate surface area is 114 Å². The van der Waals surface area contributed by atoms with Crippen molar-refractivity contribution < 1.29 is 14.2 Å². The van der Waals surface area contributed by atoms with E-state index in [1.807, 2.05) is 12.1 Å². The van der Waals surface area contributed by atoms with Gasteiger partial charge in [0, 0.05) is 25.4 Å². The molecule has 2 fully saturated rings. The van der Waals surface area contributed by atoms with E-state index in [4.69, 9.17) is 14.2 Å². The predicted molar refractivity (Wildman–Crippen MR) is 72.4 cm³/mol. The minimum atomic E-state index is -0.317. The summed E-state index contributed by atoms with van der Waals surface area (Å²) in [6, 6.07) is 8.68. The van der Waals surface area contributed by atoms with Crippen molar-refractivity contribution in [2.24, 2.45) is 0 Å². The first kappa shape index (κ1) is 12.9. The molecule has 2 saturated heterocycles. The maximum absolute atomic E-state index is 5.80. The Kier molecular flexibility index (Phi) is 3.73. The van der Waals surface area contributed by atoms with Crippen LogP contribution in [0.5, 0.6) is 5.75 Å². The largest absolute Gasteiger partial charge is 0.497 e. The lowest BCUT2D eigenvalue weighted by Crippen LogP contribution is -2.49. The fraction of sp³-hybridized carbons (Fsp3) is 0.600. The SMILES string of the molecule is COc1ccc(C[C@H]2CC3(CCN2)OCCO3)cc1. The van der Waals surface area contributed by atoms with Gasteiger partial charge in [-0.2, -0.15) is 0 Å². The van der Waals surface area contributed by atoms with Crippen molar-refractivity contribution in [3.63, 3.8) is 0 Å². The lowest BCUT2D eigenvalue weighted by atomic mass is 9.93. The van der Waals surface area contributed by atoms with Crippen LogP contribution >= 0.6 is 0 Å². The van der Waals surface area contributed by atoms with Crippen molar-refractivity contribution in [3.8, 4) is 5.75 Å². The molecule has 0 aromatic heterocycles. The van der Waals surface area contributed by atoms with Crippen molar-refractivity contribution >= 4 is 0 Å². The van der Waals surface area contributed by atoms with Crippen LogP contribution in [-0.2, 0) is 15.9 Å². The Balaban J connectivity index is 1.62. The molecular weight excluding hydrogens is 242 g/mol.